The van der Waals surface area contributed by atoms with Crippen molar-refractivity contribution in [1.29, 1.82) is 0 Å². The monoisotopic (exact) mass is 182 g/mol. The maximum Gasteiger partial charge on any atom is 0.0845 e. The minimum atomic E-state index is -0.183. The molecule has 0 saturated heterocycles. The van der Waals surface area contributed by atoms with Gasteiger partial charge >= 0.3 is 0 Å². The minimum absolute atomic E-state index is 0.0573. The predicted molar refractivity (Wildman–Crippen MR) is 58.4 cm³/mol. The number of nitrogens with two attached hydrogens (primary N) is 1. The molecule has 0 aliphatic carbocycles. The fourth-order valence-electron chi connectivity index (χ4n) is 1.77. The Kier molecular flexibility index (Phi) is 5.05. The van der Waals surface area contributed by atoms with Crippen LogP contribution in [0.2, 0.25) is 0 Å². The quantitative estimate of drug-likeness (QED) is 0.652. The normalized spacial score (nSPS) is 17.9. The van der Waals surface area contributed by atoms with E-state index in [1.807, 2.05) is 0 Å². The summed E-state index contributed by atoms with van der Waals surface area (Å²) in [6, 6.07) is -0.183. The van der Waals surface area contributed by atoms with Crippen LogP contribution in [0, 0.1) is 12.3 Å². The van der Waals surface area contributed by atoms with Crippen molar-refractivity contribution in [2.75, 3.05) is 13.1 Å². The van der Waals surface area contributed by atoms with Gasteiger partial charge in [-0.1, -0.05) is 26.7 Å². The van der Waals surface area contributed by atoms with Crippen LogP contribution >= 0.6 is 0 Å². The van der Waals surface area contributed by atoms with Crippen molar-refractivity contribution in [2.45, 2.75) is 45.7 Å². The molecule has 2 atom stereocenters. The van der Waals surface area contributed by atoms with E-state index < -0.39 is 0 Å². The van der Waals surface area contributed by atoms with Crippen LogP contribution < -0.4 is 5.73 Å². The van der Waals surface area contributed by atoms with E-state index in [0.29, 0.717) is 0 Å². The largest absolute Gasteiger partial charge is 0.316 e. The fraction of sp³-hybridized carbons (Fsp3) is 0.818. The van der Waals surface area contributed by atoms with Gasteiger partial charge in [-0.25, -0.2) is 0 Å². The average molecular weight is 182 g/mol. The second-order valence-electron chi connectivity index (χ2n) is 3.53. The highest BCUT2D eigenvalue weighted by molar-refractivity contribution is 5.10. The Hall–Kier alpha value is -0.520. The number of terminal acetylenes is 1. The molecule has 13 heavy (non-hydrogen) atoms. The lowest BCUT2D eigenvalue weighted by molar-refractivity contribution is 0.102. The highest BCUT2D eigenvalue weighted by atomic mass is 15.2. The maximum absolute atomic E-state index is 5.94. The number of likely N-dealkylation sites (N-methyl/N-ethyl adjacent to an activating group) is 1. The standard InChI is InChI=1S/C11H22N2/c1-6-10(12)11(5,7-2)13(8-3)9-4/h1,10H,7-9,12H2,2-5H3. The Morgan fingerprint density at radius 3 is 2.08 bits per heavy atom. The summed E-state index contributed by atoms with van der Waals surface area (Å²) in [5.74, 6) is 2.64. The second-order valence-corrected chi connectivity index (χ2v) is 3.53. The van der Waals surface area contributed by atoms with Gasteiger partial charge in [0.25, 0.3) is 0 Å². The van der Waals surface area contributed by atoms with Gasteiger partial charge in [-0.15, -0.1) is 6.42 Å². The average Bonchev–Trinajstić information content (AvgIpc) is 2.17. The third kappa shape index (κ3) is 2.46. The summed E-state index contributed by atoms with van der Waals surface area (Å²) in [5, 5.41) is 0. The number of hydrogen-bond acceptors (Lipinski definition) is 2. The Morgan fingerprint density at radius 2 is 1.85 bits per heavy atom. The summed E-state index contributed by atoms with van der Waals surface area (Å²) < 4.78 is 0. The zero-order valence-corrected chi connectivity index (χ0v) is 9.30. The summed E-state index contributed by atoms with van der Waals surface area (Å²) in [6.07, 6.45) is 6.37. The molecule has 0 bridgehead atoms. The molecule has 2 unspecified atom stereocenters. The molecule has 0 aromatic heterocycles. The van der Waals surface area contributed by atoms with Gasteiger partial charge in [0.15, 0.2) is 0 Å². The van der Waals surface area contributed by atoms with E-state index in [1.165, 1.54) is 0 Å². The van der Waals surface area contributed by atoms with E-state index in [1.54, 1.807) is 0 Å². The van der Waals surface area contributed by atoms with Crippen LogP contribution in [0.3, 0.4) is 0 Å². The Labute approximate surface area is 82.5 Å². The first-order valence-corrected chi connectivity index (χ1v) is 5.03. The predicted octanol–water partition coefficient (Wildman–Crippen LogP) is 1.46. The van der Waals surface area contributed by atoms with Gasteiger partial charge in [0.1, 0.15) is 0 Å². The SMILES string of the molecule is C#CC(N)C(C)(CC)N(CC)CC. The Balaban J connectivity index is 4.70. The van der Waals surface area contributed by atoms with E-state index in [4.69, 9.17) is 12.2 Å². The lowest BCUT2D eigenvalue weighted by Crippen LogP contribution is -2.57. The molecule has 0 rings (SSSR count). The first kappa shape index (κ1) is 12.5. The van der Waals surface area contributed by atoms with Crippen LogP contribution in [-0.4, -0.2) is 29.6 Å². The van der Waals surface area contributed by atoms with Gasteiger partial charge in [-0.3, -0.25) is 4.90 Å². The van der Waals surface area contributed by atoms with E-state index in [2.05, 4.69) is 38.5 Å². The molecule has 0 aromatic rings. The van der Waals surface area contributed by atoms with Gasteiger partial charge in [0.05, 0.1) is 6.04 Å². The van der Waals surface area contributed by atoms with Crippen molar-refractivity contribution < 1.29 is 0 Å². The van der Waals surface area contributed by atoms with Crippen molar-refractivity contribution in [3.63, 3.8) is 0 Å². The van der Waals surface area contributed by atoms with Gasteiger partial charge < -0.3 is 5.73 Å². The van der Waals surface area contributed by atoms with E-state index in [0.717, 1.165) is 19.5 Å². The highest BCUT2D eigenvalue weighted by Gasteiger charge is 2.33. The zero-order valence-electron chi connectivity index (χ0n) is 9.30. The van der Waals surface area contributed by atoms with Crippen LogP contribution in [-0.2, 0) is 0 Å². The zero-order chi connectivity index (χ0) is 10.5. The molecule has 76 valence electrons. The van der Waals surface area contributed by atoms with Gasteiger partial charge in [0, 0.05) is 5.54 Å². The third-order valence-corrected chi connectivity index (χ3v) is 3.05. The van der Waals surface area contributed by atoms with Crippen LogP contribution in [0.4, 0.5) is 0 Å². The molecule has 0 saturated carbocycles. The second kappa shape index (κ2) is 5.26. The first-order chi connectivity index (χ1) is 6.06. The molecule has 2 N–H and O–H groups in total. The summed E-state index contributed by atoms with van der Waals surface area (Å²) in [4.78, 5) is 2.33. The van der Waals surface area contributed by atoms with Crippen molar-refractivity contribution in [2.24, 2.45) is 5.73 Å². The van der Waals surface area contributed by atoms with Crippen molar-refractivity contribution in [3.05, 3.63) is 0 Å². The van der Waals surface area contributed by atoms with Gasteiger partial charge in [0.2, 0.25) is 0 Å². The first-order valence-electron chi connectivity index (χ1n) is 5.03. The van der Waals surface area contributed by atoms with Crippen molar-refractivity contribution >= 4 is 0 Å². The minimum Gasteiger partial charge on any atom is -0.316 e. The van der Waals surface area contributed by atoms with Crippen molar-refractivity contribution in [1.82, 2.24) is 4.90 Å². The highest BCUT2D eigenvalue weighted by Crippen LogP contribution is 2.21. The number of hydrogen-bond donors (Lipinski definition) is 1. The van der Waals surface area contributed by atoms with Gasteiger partial charge in [-0.2, -0.15) is 0 Å². The smallest absolute Gasteiger partial charge is 0.0845 e. The molecule has 0 aromatic carbocycles. The fourth-order valence-corrected chi connectivity index (χ4v) is 1.77. The molecule has 0 heterocycles. The molecular weight excluding hydrogens is 160 g/mol. The van der Waals surface area contributed by atoms with Crippen LogP contribution in [0.15, 0.2) is 0 Å². The number of nitrogens with zero attached hydrogens (tertiary/aromatic N) is 1. The number of rotatable bonds is 5. The van der Waals surface area contributed by atoms with Crippen LogP contribution in [0.5, 0.6) is 0 Å². The summed E-state index contributed by atoms with van der Waals surface area (Å²) >= 11 is 0. The van der Waals surface area contributed by atoms with E-state index >= 15 is 0 Å². The molecule has 2 heteroatoms. The lowest BCUT2D eigenvalue weighted by Gasteiger charge is -2.42. The topological polar surface area (TPSA) is 29.3 Å². The lowest BCUT2D eigenvalue weighted by atomic mass is 9.88. The molecule has 0 aliphatic heterocycles. The molecule has 0 aliphatic rings. The van der Waals surface area contributed by atoms with Crippen molar-refractivity contribution in [3.8, 4) is 12.3 Å². The maximum atomic E-state index is 5.94. The molecule has 0 spiro atoms. The van der Waals surface area contributed by atoms with Crippen LogP contribution in [0.25, 0.3) is 0 Å². The third-order valence-electron chi connectivity index (χ3n) is 3.05. The molecule has 0 amide bonds. The molecule has 2 nitrogen and oxygen atoms in total. The van der Waals surface area contributed by atoms with E-state index in [-0.39, 0.29) is 11.6 Å². The molecule has 0 fully saturated rings. The Bertz CT molecular complexity index is 179. The van der Waals surface area contributed by atoms with Crippen LogP contribution in [0.1, 0.15) is 34.1 Å². The summed E-state index contributed by atoms with van der Waals surface area (Å²) in [7, 11) is 0. The van der Waals surface area contributed by atoms with Gasteiger partial charge in [-0.05, 0) is 26.4 Å². The summed E-state index contributed by atoms with van der Waals surface area (Å²) in [6.45, 7) is 10.5. The summed E-state index contributed by atoms with van der Waals surface area (Å²) in [5.41, 5.74) is 5.88. The Morgan fingerprint density at radius 1 is 1.38 bits per heavy atom. The molecule has 0 radical (unpaired) electrons. The van der Waals surface area contributed by atoms with E-state index in [9.17, 15) is 0 Å². The molecular formula is C11H22N2.